The quantitative estimate of drug-likeness (QED) is 0.104. The van der Waals surface area contributed by atoms with Gasteiger partial charge >= 0.3 is 6.09 Å². The summed E-state index contributed by atoms with van der Waals surface area (Å²) in [6.45, 7) is 41.2. The molecule has 2 N–H and O–H groups in total. The van der Waals surface area contributed by atoms with E-state index < -0.39 is 27.4 Å². The predicted octanol–water partition coefficient (Wildman–Crippen LogP) is 11.5. The Bertz CT molecular complexity index is 1370. The first-order valence-electron chi connectivity index (χ1n) is 23.3. The number of likely N-dealkylation sites (tertiary alicyclic amines) is 1. The lowest BCUT2D eigenvalue weighted by molar-refractivity contribution is -0.141. The molecule has 0 saturated carbocycles. The molecule has 346 valence electrons. The van der Waals surface area contributed by atoms with Gasteiger partial charge in [-0.05, 0) is 121 Å². The van der Waals surface area contributed by atoms with Crippen LogP contribution in [0.15, 0.2) is 0 Å². The van der Waals surface area contributed by atoms with Crippen molar-refractivity contribution in [2.75, 3.05) is 26.7 Å². The average Bonchev–Trinajstić information content (AvgIpc) is 3.50. The van der Waals surface area contributed by atoms with Crippen molar-refractivity contribution < 1.29 is 23.9 Å². The molecule has 1 aliphatic rings. The van der Waals surface area contributed by atoms with E-state index in [4.69, 9.17) is 4.74 Å². The van der Waals surface area contributed by atoms with Crippen LogP contribution in [0.2, 0.25) is 0 Å². The van der Waals surface area contributed by atoms with Crippen molar-refractivity contribution in [1.29, 1.82) is 0 Å². The number of ketones is 3. The van der Waals surface area contributed by atoms with Gasteiger partial charge in [0.25, 0.3) is 0 Å². The van der Waals surface area contributed by atoms with Gasteiger partial charge in [-0.3, -0.25) is 19.3 Å². The lowest BCUT2D eigenvalue weighted by Gasteiger charge is -2.48. The number of carbonyl (C=O) groups excluding carboxylic acids is 4. The molecule has 0 aromatic heterocycles. The minimum absolute atomic E-state index is 0.0631. The molecule has 1 saturated heterocycles. The Hall–Kier alpha value is -1.84. The molecule has 0 aromatic carbocycles. The number of nitrogens with zero attached hydrogens (tertiary/aromatic N) is 2. The second kappa shape index (κ2) is 21.0. The molecule has 9 heteroatoms. The Morgan fingerprint density at radius 1 is 0.593 bits per heavy atom. The smallest absolute Gasteiger partial charge is 0.409 e. The van der Waals surface area contributed by atoms with Crippen LogP contribution in [-0.4, -0.2) is 93.2 Å². The van der Waals surface area contributed by atoms with E-state index in [0.717, 1.165) is 90.0 Å². The summed E-state index contributed by atoms with van der Waals surface area (Å²) in [6.07, 6.45) is 12.1. The largest absolute Gasteiger partial charge is 0.449 e. The van der Waals surface area contributed by atoms with Gasteiger partial charge < -0.3 is 20.3 Å². The molecule has 0 aliphatic carbocycles. The highest BCUT2D eigenvalue weighted by atomic mass is 16.6. The molecule has 0 bridgehead atoms. The standard InChI is InChI=1S/C50H96N4O5/c1-42(2,3)38(55)48(19,51-45(10,11)12)34-36-53(20)41(58)59-37-28-24-23-26-31-49(52-46(13,14)15,39(56)43(4,5)6)30-25-21-22-27-32-50(40(57)44(7,8)9)33-29-35-54(50)47(16,17)18/h51-52H,21-37H2,1-20H3/t48-,49?,50-/m0/s1. The van der Waals surface area contributed by atoms with Crippen LogP contribution in [-0.2, 0) is 19.1 Å². The first-order valence-corrected chi connectivity index (χ1v) is 23.3. The van der Waals surface area contributed by atoms with E-state index >= 15 is 0 Å². The maximum absolute atomic E-state index is 14.4. The normalized spacial score (nSPS) is 19.6. The topological polar surface area (TPSA) is 108 Å². The Balaban J connectivity index is 2.87. The highest BCUT2D eigenvalue weighted by molar-refractivity contribution is 5.94. The van der Waals surface area contributed by atoms with Crippen LogP contribution in [0.3, 0.4) is 0 Å². The summed E-state index contributed by atoms with van der Waals surface area (Å²) in [7, 11) is 1.73. The van der Waals surface area contributed by atoms with Gasteiger partial charge in [0, 0.05) is 46.5 Å². The third-order valence-electron chi connectivity index (χ3n) is 11.9. The second-order valence-electron chi connectivity index (χ2n) is 24.7. The molecular formula is C50H96N4O5. The zero-order valence-electron chi connectivity index (χ0n) is 42.5. The van der Waals surface area contributed by atoms with E-state index in [1.54, 1.807) is 11.9 Å². The number of nitrogens with one attached hydrogen (secondary N) is 2. The number of unbranched alkanes of at least 4 members (excludes halogenated alkanes) is 6. The molecule has 9 nitrogen and oxygen atoms in total. The molecule has 1 fully saturated rings. The average molecular weight is 833 g/mol. The molecular weight excluding hydrogens is 737 g/mol. The zero-order chi connectivity index (χ0) is 46.1. The van der Waals surface area contributed by atoms with Gasteiger partial charge in [-0.2, -0.15) is 0 Å². The molecule has 1 amide bonds. The number of carbonyl (C=O) groups is 4. The van der Waals surface area contributed by atoms with E-state index in [2.05, 4.69) is 98.6 Å². The van der Waals surface area contributed by atoms with E-state index in [-0.39, 0.29) is 39.7 Å². The maximum Gasteiger partial charge on any atom is 0.409 e. The summed E-state index contributed by atoms with van der Waals surface area (Å²) < 4.78 is 5.66. The second-order valence-corrected chi connectivity index (χ2v) is 24.7. The van der Waals surface area contributed by atoms with Gasteiger partial charge in [0.15, 0.2) is 17.3 Å². The monoisotopic (exact) mass is 833 g/mol. The summed E-state index contributed by atoms with van der Waals surface area (Å²) in [5.74, 6) is 0.777. The van der Waals surface area contributed by atoms with Gasteiger partial charge in [-0.25, -0.2) is 4.79 Å². The minimum atomic E-state index is -0.781. The van der Waals surface area contributed by atoms with Crippen LogP contribution in [0, 0.1) is 16.2 Å². The summed E-state index contributed by atoms with van der Waals surface area (Å²) in [4.78, 5) is 58.9. The van der Waals surface area contributed by atoms with Crippen molar-refractivity contribution in [3.8, 4) is 0 Å². The third-order valence-corrected chi connectivity index (χ3v) is 11.9. The van der Waals surface area contributed by atoms with Gasteiger partial charge in [0.2, 0.25) is 0 Å². The van der Waals surface area contributed by atoms with Crippen molar-refractivity contribution in [3.05, 3.63) is 0 Å². The summed E-state index contributed by atoms with van der Waals surface area (Å²) in [6, 6.07) is 0. The molecule has 0 aromatic rings. The van der Waals surface area contributed by atoms with E-state index in [1.807, 2.05) is 48.5 Å². The van der Waals surface area contributed by atoms with Crippen molar-refractivity contribution >= 4 is 23.4 Å². The molecule has 1 heterocycles. The number of hydrogen-bond acceptors (Lipinski definition) is 8. The first kappa shape index (κ1) is 55.2. The van der Waals surface area contributed by atoms with Crippen molar-refractivity contribution in [2.45, 2.75) is 255 Å². The van der Waals surface area contributed by atoms with E-state index in [1.165, 1.54) is 0 Å². The first-order chi connectivity index (χ1) is 26.4. The van der Waals surface area contributed by atoms with Crippen molar-refractivity contribution in [2.24, 2.45) is 16.2 Å². The molecule has 0 radical (unpaired) electrons. The Labute approximate surface area is 364 Å². The number of hydrogen-bond donors (Lipinski definition) is 2. The van der Waals surface area contributed by atoms with E-state index in [0.29, 0.717) is 25.4 Å². The molecule has 59 heavy (non-hydrogen) atoms. The van der Waals surface area contributed by atoms with Crippen LogP contribution in [0.5, 0.6) is 0 Å². The summed E-state index contributed by atoms with van der Waals surface area (Å²) >= 11 is 0. The third kappa shape index (κ3) is 17.5. The Kier molecular flexibility index (Phi) is 19.7. The Morgan fingerprint density at radius 3 is 1.51 bits per heavy atom. The van der Waals surface area contributed by atoms with Crippen molar-refractivity contribution in [3.63, 3.8) is 0 Å². The summed E-state index contributed by atoms with van der Waals surface area (Å²) in [5.41, 5.74) is -3.76. The van der Waals surface area contributed by atoms with Crippen LogP contribution in [0.4, 0.5) is 4.79 Å². The fourth-order valence-electron chi connectivity index (χ4n) is 9.85. The molecule has 1 aliphatic heterocycles. The van der Waals surface area contributed by atoms with Crippen molar-refractivity contribution in [1.82, 2.24) is 20.4 Å². The number of rotatable bonds is 22. The fourth-order valence-corrected chi connectivity index (χ4v) is 9.85. The molecule has 1 rings (SSSR count). The van der Waals surface area contributed by atoms with Gasteiger partial charge in [-0.15, -0.1) is 0 Å². The molecule has 0 spiro atoms. The fraction of sp³-hybridized carbons (Fsp3) is 0.920. The number of Topliss-reactive ketones (excluding diaryl/α,β-unsaturated/α-hetero) is 3. The van der Waals surface area contributed by atoms with Crippen LogP contribution in [0.25, 0.3) is 0 Å². The highest BCUT2D eigenvalue weighted by Crippen LogP contribution is 2.44. The highest BCUT2D eigenvalue weighted by Gasteiger charge is 2.53. The van der Waals surface area contributed by atoms with Crippen LogP contribution in [0.1, 0.15) is 221 Å². The number of amides is 1. The lowest BCUT2D eigenvalue weighted by atomic mass is 9.71. The van der Waals surface area contributed by atoms with E-state index in [9.17, 15) is 19.2 Å². The van der Waals surface area contributed by atoms with Crippen LogP contribution >= 0.6 is 0 Å². The Morgan fingerprint density at radius 2 is 1.07 bits per heavy atom. The SMILES string of the molecule is CN(CC[C@](C)(NC(C)(C)C)C(=O)C(C)(C)C)C(=O)OCCCCCCC(CCCCCC[C@@]1(C(=O)C(C)(C)C)CCCN1C(C)(C)C)(NC(C)(C)C)C(=O)C(C)(C)C. The maximum atomic E-state index is 14.4. The van der Waals surface area contributed by atoms with Gasteiger partial charge in [-0.1, -0.05) is 107 Å². The zero-order valence-corrected chi connectivity index (χ0v) is 42.5. The summed E-state index contributed by atoms with van der Waals surface area (Å²) in [5, 5.41) is 7.37. The lowest BCUT2D eigenvalue weighted by Crippen LogP contribution is -2.61. The predicted molar refractivity (Wildman–Crippen MR) is 248 cm³/mol. The number of ether oxygens (including phenoxy) is 1. The molecule has 1 unspecified atom stereocenters. The van der Waals surface area contributed by atoms with Gasteiger partial charge in [0.05, 0.1) is 23.2 Å². The van der Waals surface area contributed by atoms with Gasteiger partial charge in [0.1, 0.15) is 0 Å². The molecule has 3 atom stereocenters. The van der Waals surface area contributed by atoms with Crippen LogP contribution < -0.4 is 10.6 Å². The minimum Gasteiger partial charge on any atom is -0.449 e.